The number of ketones is 1. The zero-order valence-electron chi connectivity index (χ0n) is 32.9. The van der Waals surface area contributed by atoms with Crippen LogP contribution in [-0.2, 0) is 32.8 Å². The number of rotatable bonds is 19. The van der Waals surface area contributed by atoms with Crippen molar-refractivity contribution in [3.8, 4) is 22.8 Å². The van der Waals surface area contributed by atoms with E-state index in [1.165, 1.54) is 11.1 Å². The van der Waals surface area contributed by atoms with Gasteiger partial charge in [-0.15, -0.1) is 0 Å². The molecule has 7 aromatic rings. The molecule has 58 heavy (non-hydrogen) atoms. The molecule has 2 N–H and O–H groups in total. The summed E-state index contributed by atoms with van der Waals surface area (Å²) in [5.74, 6) is 0.925. The first-order chi connectivity index (χ1) is 28.6. The highest BCUT2D eigenvalue weighted by atomic mass is 16.5. The van der Waals surface area contributed by atoms with Crippen LogP contribution in [0.4, 0.5) is 5.69 Å². The lowest BCUT2D eigenvalue weighted by molar-refractivity contribution is 0.103. The van der Waals surface area contributed by atoms with Gasteiger partial charge in [0.15, 0.2) is 5.78 Å². The molecule has 0 aliphatic heterocycles. The first kappa shape index (κ1) is 38.6. The average molecular weight is 772 g/mol. The molecule has 0 radical (unpaired) electrons. The third kappa shape index (κ3) is 8.82. The Morgan fingerprint density at radius 3 is 1.76 bits per heavy atom. The topological polar surface area (TPSA) is 92.1 Å². The highest BCUT2D eigenvalue weighted by Gasteiger charge is 2.36. The Morgan fingerprint density at radius 1 is 0.621 bits per heavy atom. The average Bonchev–Trinajstić information content (AvgIpc) is 3.63. The molecular formula is C49H49N5O4. The van der Waals surface area contributed by atoms with Crippen molar-refractivity contribution in [2.75, 3.05) is 45.2 Å². The molecule has 0 atom stereocenters. The van der Waals surface area contributed by atoms with E-state index in [9.17, 15) is 5.11 Å². The van der Waals surface area contributed by atoms with Crippen molar-refractivity contribution in [3.05, 3.63) is 179 Å². The number of likely N-dealkylation sites (N-methyl/N-ethyl adjacent to an activating group) is 1. The fourth-order valence-electron chi connectivity index (χ4n) is 7.71. The van der Waals surface area contributed by atoms with Crippen molar-refractivity contribution in [1.82, 2.24) is 19.6 Å². The number of aromatic nitrogens is 2. The van der Waals surface area contributed by atoms with Crippen molar-refractivity contribution in [2.24, 2.45) is 0 Å². The molecule has 9 nitrogen and oxygen atoms in total. The Kier molecular flexibility index (Phi) is 12.2. The summed E-state index contributed by atoms with van der Waals surface area (Å²) in [6.45, 7) is 5.34. The van der Waals surface area contributed by atoms with Crippen LogP contribution >= 0.6 is 0 Å². The number of fused-ring (bicyclic) bond motifs is 2. The van der Waals surface area contributed by atoms with Crippen LogP contribution in [-0.4, -0.2) is 70.3 Å². The Morgan fingerprint density at radius 2 is 1.17 bits per heavy atom. The Labute approximate surface area is 340 Å². The summed E-state index contributed by atoms with van der Waals surface area (Å²) < 4.78 is 15.1. The van der Waals surface area contributed by atoms with Crippen molar-refractivity contribution in [1.29, 1.82) is 0 Å². The van der Waals surface area contributed by atoms with E-state index in [4.69, 9.17) is 14.6 Å². The molecule has 1 aliphatic carbocycles. The van der Waals surface area contributed by atoms with Crippen LogP contribution in [0.15, 0.2) is 146 Å². The lowest BCUT2D eigenvalue weighted by Gasteiger charge is -2.24. The number of hydrogen-bond acceptors (Lipinski definition) is 8. The lowest BCUT2D eigenvalue weighted by atomic mass is 9.85. The molecule has 0 amide bonds. The van der Waals surface area contributed by atoms with Gasteiger partial charge in [0.2, 0.25) is 0 Å². The number of benzene rings is 6. The van der Waals surface area contributed by atoms with E-state index in [-0.39, 0.29) is 12.4 Å². The number of nitrogens with zero attached hydrogens (tertiary/aromatic N) is 4. The Bertz CT molecular complexity index is 2440. The highest BCUT2D eigenvalue weighted by Crippen LogP contribution is 2.49. The molecule has 1 aromatic heterocycles. The minimum Gasteiger partial charge on any atom is -0.488 e. The van der Waals surface area contributed by atoms with Crippen molar-refractivity contribution < 1.29 is 19.4 Å². The molecule has 8 rings (SSSR count). The molecule has 0 spiro atoms. The van der Waals surface area contributed by atoms with Gasteiger partial charge in [0.25, 0.3) is 0 Å². The van der Waals surface area contributed by atoms with E-state index in [0.29, 0.717) is 79.8 Å². The maximum absolute atomic E-state index is 15.2. The maximum atomic E-state index is 15.2. The molecule has 0 fully saturated rings. The molecule has 0 saturated carbocycles. The number of anilines is 1. The molecular weight excluding hydrogens is 723 g/mol. The summed E-state index contributed by atoms with van der Waals surface area (Å²) >= 11 is 0. The van der Waals surface area contributed by atoms with E-state index in [2.05, 4.69) is 64.6 Å². The predicted octanol–water partition coefficient (Wildman–Crippen LogP) is 8.44. The van der Waals surface area contributed by atoms with E-state index >= 15 is 4.79 Å². The van der Waals surface area contributed by atoms with Gasteiger partial charge in [-0.05, 0) is 53.6 Å². The smallest absolute Gasteiger partial charge is 0.200 e. The summed E-state index contributed by atoms with van der Waals surface area (Å²) in [7, 11) is 2.11. The fraction of sp³-hybridized carbons (Fsp3) is 0.224. The summed E-state index contributed by atoms with van der Waals surface area (Å²) in [5.41, 5.74) is 8.42. The first-order valence-corrected chi connectivity index (χ1v) is 20.0. The van der Waals surface area contributed by atoms with Crippen LogP contribution in [0.5, 0.6) is 11.5 Å². The summed E-state index contributed by atoms with van der Waals surface area (Å²) in [6.07, 6.45) is 0. The van der Waals surface area contributed by atoms with Crippen LogP contribution in [0, 0.1) is 0 Å². The second-order valence-corrected chi connectivity index (χ2v) is 14.8. The molecule has 6 aromatic carbocycles. The van der Waals surface area contributed by atoms with Crippen molar-refractivity contribution in [2.45, 2.75) is 32.8 Å². The molecule has 1 heterocycles. The van der Waals surface area contributed by atoms with Crippen LogP contribution in [0.25, 0.3) is 22.2 Å². The predicted molar refractivity (Wildman–Crippen MR) is 230 cm³/mol. The standard InChI is InChI=1S/C49H49N5O4/c1-52(32-36-14-6-2-7-15-36)27-26-50-40-22-23-41-45-44(40)49(56)47-43(58-35-39-20-12-5-13-21-39)25-24-42(57-34-38-18-10-4-11-19-38)46(47)48(45)51-54(41)29-28-53(30-31-55)33-37-16-8-3-9-17-37/h2-25,50,55H,26-35H2,1H3. The van der Waals surface area contributed by atoms with E-state index in [1.807, 2.05) is 108 Å². The van der Waals surface area contributed by atoms with E-state index < -0.39 is 0 Å². The SMILES string of the molecule is CN(CCNc1ccc2c3c(nn2CCN(CCO)Cc2ccccc2)-c2c(OCc4ccccc4)ccc(OCc4ccccc4)c2C(=O)c13)Cc1ccccc1. The normalized spacial score (nSPS) is 12.0. The molecule has 1 aliphatic rings. The summed E-state index contributed by atoms with van der Waals surface area (Å²) in [4.78, 5) is 19.7. The molecule has 0 saturated heterocycles. The van der Waals surface area contributed by atoms with Gasteiger partial charge in [0.1, 0.15) is 30.4 Å². The van der Waals surface area contributed by atoms with Crippen LogP contribution < -0.4 is 14.8 Å². The van der Waals surface area contributed by atoms with Gasteiger partial charge in [-0.3, -0.25) is 14.4 Å². The largest absolute Gasteiger partial charge is 0.488 e. The molecule has 0 bridgehead atoms. The minimum atomic E-state index is -0.132. The van der Waals surface area contributed by atoms with Gasteiger partial charge in [-0.2, -0.15) is 5.10 Å². The Balaban J connectivity index is 1.18. The molecule has 0 unspecified atom stereocenters. The Hall–Kier alpha value is -6.26. The van der Waals surface area contributed by atoms with Crippen molar-refractivity contribution in [3.63, 3.8) is 0 Å². The number of nitrogens with one attached hydrogen (secondary N) is 1. The summed E-state index contributed by atoms with van der Waals surface area (Å²) in [6, 6.07) is 48.5. The minimum absolute atomic E-state index is 0.0490. The number of hydrogen-bond donors (Lipinski definition) is 2. The van der Waals surface area contributed by atoms with Gasteiger partial charge in [0.05, 0.1) is 35.4 Å². The van der Waals surface area contributed by atoms with Crippen molar-refractivity contribution >= 4 is 22.4 Å². The van der Waals surface area contributed by atoms with E-state index in [1.54, 1.807) is 0 Å². The van der Waals surface area contributed by atoms with Gasteiger partial charge in [-0.25, -0.2) is 0 Å². The number of aliphatic hydroxyl groups is 1. The number of aliphatic hydroxyl groups excluding tert-OH is 1. The van der Waals surface area contributed by atoms with Crippen LogP contribution in [0.2, 0.25) is 0 Å². The third-order valence-corrected chi connectivity index (χ3v) is 10.6. The van der Waals surface area contributed by atoms with E-state index in [0.717, 1.165) is 40.8 Å². The number of ether oxygens (including phenoxy) is 2. The zero-order valence-corrected chi connectivity index (χ0v) is 32.9. The monoisotopic (exact) mass is 771 g/mol. The second-order valence-electron chi connectivity index (χ2n) is 14.8. The number of carbonyl (C=O) groups excluding carboxylic acids is 1. The maximum Gasteiger partial charge on any atom is 0.200 e. The van der Waals surface area contributed by atoms with Gasteiger partial charge in [0, 0.05) is 50.3 Å². The third-order valence-electron chi connectivity index (χ3n) is 10.6. The quantitative estimate of drug-likeness (QED) is 0.0847. The molecule has 9 heteroatoms. The zero-order chi connectivity index (χ0) is 39.7. The lowest BCUT2D eigenvalue weighted by Crippen LogP contribution is -2.30. The second kappa shape index (κ2) is 18.3. The van der Waals surface area contributed by atoms with Gasteiger partial charge in [-0.1, -0.05) is 121 Å². The van der Waals surface area contributed by atoms with Crippen LogP contribution in [0.1, 0.15) is 38.2 Å². The fourth-order valence-corrected chi connectivity index (χ4v) is 7.71. The number of carbonyl (C=O) groups is 1. The van der Waals surface area contributed by atoms with Gasteiger partial charge < -0.3 is 24.8 Å². The highest BCUT2D eigenvalue weighted by molar-refractivity contribution is 6.29. The van der Waals surface area contributed by atoms with Crippen LogP contribution in [0.3, 0.4) is 0 Å². The summed E-state index contributed by atoms with van der Waals surface area (Å²) in [5, 5.41) is 19.7. The first-order valence-electron chi connectivity index (χ1n) is 20.0. The molecule has 294 valence electrons. The van der Waals surface area contributed by atoms with Gasteiger partial charge >= 0.3 is 0 Å².